The van der Waals surface area contributed by atoms with E-state index in [4.69, 9.17) is 9.47 Å². The minimum Gasteiger partial charge on any atom is -0.487 e. The second-order valence-corrected chi connectivity index (χ2v) is 9.14. The molecule has 5 rings (SSSR count). The number of rotatable bonds is 8. The molecule has 0 radical (unpaired) electrons. The van der Waals surface area contributed by atoms with Crippen molar-refractivity contribution in [3.63, 3.8) is 0 Å². The van der Waals surface area contributed by atoms with Crippen LogP contribution in [0.2, 0.25) is 0 Å². The summed E-state index contributed by atoms with van der Waals surface area (Å²) in [5, 5.41) is 15.8. The Labute approximate surface area is 209 Å². The number of nitrogens with zero attached hydrogens (tertiary/aromatic N) is 1. The highest BCUT2D eigenvalue weighted by molar-refractivity contribution is 6.04. The number of anilines is 1. The number of aliphatic hydroxyl groups is 1. The van der Waals surface area contributed by atoms with Crippen LogP contribution in [-0.4, -0.2) is 53.4 Å². The van der Waals surface area contributed by atoms with Gasteiger partial charge in [-0.3, -0.25) is 14.6 Å². The van der Waals surface area contributed by atoms with Crippen LogP contribution in [-0.2, 0) is 16.0 Å². The Bertz CT molecular complexity index is 1200. The predicted octanol–water partition coefficient (Wildman–Crippen LogP) is 3.08. The number of hydrogen-bond acceptors (Lipinski definition) is 6. The van der Waals surface area contributed by atoms with Crippen molar-refractivity contribution < 1.29 is 24.2 Å². The molecule has 3 N–H and O–H groups in total. The highest BCUT2D eigenvalue weighted by Crippen LogP contribution is 2.47. The maximum atomic E-state index is 12.6. The van der Waals surface area contributed by atoms with Crippen molar-refractivity contribution >= 4 is 17.5 Å². The van der Waals surface area contributed by atoms with Gasteiger partial charge in [0.1, 0.15) is 18.0 Å². The summed E-state index contributed by atoms with van der Waals surface area (Å²) < 4.78 is 12.2. The minimum atomic E-state index is -0.535. The maximum absolute atomic E-state index is 12.6. The van der Waals surface area contributed by atoms with E-state index in [0.717, 1.165) is 12.0 Å². The van der Waals surface area contributed by atoms with Gasteiger partial charge in [-0.15, -0.1) is 0 Å². The number of aromatic nitrogens is 1. The summed E-state index contributed by atoms with van der Waals surface area (Å²) in [6, 6.07) is 18.9. The van der Waals surface area contributed by atoms with E-state index >= 15 is 0 Å². The Balaban J connectivity index is 1.23. The number of carbonyl (C=O) groups is 2. The molecule has 4 atom stereocenters. The van der Waals surface area contributed by atoms with Crippen molar-refractivity contribution in [3.05, 3.63) is 89.7 Å². The fourth-order valence-corrected chi connectivity index (χ4v) is 4.94. The van der Waals surface area contributed by atoms with Gasteiger partial charge >= 0.3 is 0 Å². The molecule has 3 heterocycles. The molecule has 8 nitrogen and oxygen atoms in total. The Morgan fingerprint density at radius 2 is 1.94 bits per heavy atom. The number of aliphatic hydroxyl groups excluding tert-OH is 1. The van der Waals surface area contributed by atoms with Crippen molar-refractivity contribution in [3.8, 4) is 5.75 Å². The third kappa shape index (κ3) is 5.40. The Kier molecular flexibility index (Phi) is 7.25. The molecule has 0 spiro atoms. The highest BCUT2D eigenvalue weighted by atomic mass is 16.6. The first-order chi connectivity index (χ1) is 17.6. The molecule has 3 aromatic rings. The third-order valence-corrected chi connectivity index (χ3v) is 6.67. The quantitative estimate of drug-likeness (QED) is 0.451. The van der Waals surface area contributed by atoms with Gasteiger partial charge in [0, 0.05) is 36.1 Å². The highest BCUT2D eigenvalue weighted by Gasteiger charge is 2.46. The van der Waals surface area contributed by atoms with Crippen LogP contribution in [0.3, 0.4) is 0 Å². The van der Waals surface area contributed by atoms with Crippen molar-refractivity contribution in [2.24, 2.45) is 0 Å². The van der Waals surface area contributed by atoms with Gasteiger partial charge in [0.25, 0.3) is 5.91 Å². The first kappa shape index (κ1) is 24.0. The van der Waals surface area contributed by atoms with Crippen LogP contribution in [0.5, 0.6) is 5.75 Å². The molecule has 2 aliphatic rings. The standard InChI is InChI=1S/C28H29N3O5/c32-17-25-27-23(14-21(35-25)15-26(33)30-12-10-18-5-2-1-3-6-18)22-13-20(8-9-24(22)36-27)31-28(34)19-7-4-11-29-16-19/h1-9,11,13,16,21,23,25,27,32H,10,12,14-15,17H2,(H,30,33)(H,31,34)/t21-,23-,25-,27+/m0/s1. The molecule has 2 aromatic carbocycles. The Morgan fingerprint density at radius 1 is 1.08 bits per heavy atom. The zero-order valence-corrected chi connectivity index (χ0v) is 19.8. The predicted molar refractivity (Wildman–Crippen MR) is 134 cm³/mol. The second-order valence-electron chi connectivity index (χ2n) is 9.14. The lowest BCUT2D eigenvalue weighted by atomic mass is 9.84. The molecular weight excluding hydrogens is 458 g/mol. The summed E-state index contributed by atoms with van der Waals surface area (Å²) in [5.41, 5.74) is 3.23. The molecule has 1 saturated heterocycles. The van der Waals surface area contributed by atoms with E-state index in [-0.39, 0.29) is 43.0 Å². The lowest BCUT2D eigenvalue weighted by Crippen LogP contribution is -2.47. The number of ether oxygens (including phenoxy) is 2. The normalized spacial score (nSPS) is 22.1. The molecule has 1 aromatic heterocycles. The summed E-state index contributed by atoms with van der Waals surface area (Å²) >= 11 is 0. The first-order valence-electron chi connectivity index (χ1n) is 12.2. The van der Waals surface area contributed by atoms with Crippen molar-refractivity contribution in [1.29, 1.82) is 0 Å². The molecule has 0 saturated carbocycles. The van der Waals surface area contributed by atoms with E-state index in [1.165, 1.54) is 11.8 Å². The first-order valence-corrected chi connectivity index (χ1v) is 12.2. The minimum absolute atomic E-state index is 0.0525. The number of benzene rings is 2. The zero-order valence-electron chi connectivity index (χ0n) is 19.8. The van der Waals surface area contributed by atoms with Crippen LogP contribution in [0, 0.1) is 0 Å². The van der Waals surface area contributed by atoms with Crippen LogP contribution >= 0.6 is 0 Å². The Morgan fingerprint density at radius 3 is 2.72 bits per heavy atom. The molecule has 0 unspecified atom stereocenters. The van der Waals surface area contributed by atoms with Gasteiger partial charge in [-0.2, -0.15) is 0 Å². The van der Waals surface area contributed by atoms with E-state index in [9.17, 15) is 14.7 Å². The number of hydrogen-bond donors (Lipinski definition) is 3. The van der Waals surface area contributed by atoms with E-state index in [2.05, 4.69) is 15.6 Å². The number of fused-ring (bicyclic) bond motifs is 3. The lowest BCUT2D eigenvalue weighted by molar-refractivity contribution is -0.142. The van der Waals surface area contributed by atoms with Gasteiger partial charge in [0.15, 0.2) is 0 Å². The van der Waals surface area contributed by atoms with Crippen molar-refractivity contribution in [2.45, 2.75) is 43.5 Å². The summed E-state index contributed by atoms with van der Waals surface area (Å²) in [6.07, 6.45) is 3.47. The lowest BCUT2D eigenvalue weighted by Gasteiger charge is -2.37. The summed E-state index contributed by atoms with van der Waals surface area (Å²) in [4.78, 5) is 29.2. The monoisotopic (exact) mass is 487 g/mol. The van der Waals surface area contributed by atoms with E-state index in [1.807, 2.05) is 42.5 Å². The fraction of sp³-hybridized carbons (Fsp3) is 0.321. The Hall–Kier alpha value is -3.75. The average molecular weight is 488 g/mol. The molecule has 2 aliphatic heterocycles. The zero-order chi connectivity index (χ0) is 24.9. The largest absolute Gasteiger partial charge is 0.487 e. The van der Waals surface area contributed by atoms with Crippen LogP contribution < -0.4 is 15.4 Å². The number of carbonyl (C=O) groups excluding carboxylic acids is 2. The molecule has 36 heavy (non-hydrogen) atoms. The molecule has 0 aliphatic carbocycles. The van der Waals surface area contributed by atoms with Crippen molar-refractivity contribution in [1.82, 2.24) is 10.3 Å². The number of amides is 2. The second kappa shape index (κ2) is 10.9. The molecule has 186 valence electrons. The topological polar surface area (TPSA) is 110 Å². The van der Waals surface area contributed by atoms with E-state index in [0.29, 0.717) is 30.0 Å². The SMILES string of the molecule is O=C(C[C@@H]1C[C@H]2c3cc(NC(=O)c4cccnc4)ccc3O[C@H]2[C@H](CO)O1)NCCc1ccccc1. The summed E-state index contributed by atoms with van der Waals surface area (Å²) in [5.74, 6) is 0.328. The number of nitrogens with one attached hydrogen (secondary N) is 2. The van der Waals surface area contributed by atoms with Crippen LogP contribution in [0.25, 0.3) is 0 Å². The van der Waals surface area contributed by atoms with Crippen molar-refractivity contribution in [2.75, 3.05) is 18.5 Å². The summed E-state index contributed by atoms with van der Waals surface area (Å²) in [6.45, 7) is 0.350. The molecule has 2 amide bonds. The van der Waals surface area contributed by atoms with Gasteiger partial charge in [0.05, 0.1) is 24.7 Å². The van der Waals surface area contributed by atoms with E-state index < -0.39 is 6.10 Å². The van der Waals surface area contributed by atoms with Gasteiger partial charge in [0.2, 0.25) is 5.91 Å². The van der Waals surface area contributed by atoms with Crippen LogP contribution in [0.4, 0.5) is 5.69 Å². The molecule has 8 heteroatoms. The van der Waals surface area contributed by atoms with Gasteiger partial charge < -0.3 is 25.2 Å². The van der Waals surface area contributed by atoms with Gasteiger partial charge in [-0.25, -0.2) is 0 Å². The molecule has 0 bridgehead atoms. The van der Waals surface area contributed by atoms with Gasteiger partial charge in [-0.1, -0.05) is 30.3 Å². The maximum Gasteiger partial charge on any atom is 0.257 e. The van der Waals surface area contributed by atoms with Crippen LogP contribution in [0.15, 0.2) is 73.1 Å². The molecular formula is C28H29N3O5. The van der Waals surface area contributed by atoms with Crippen LogP contribution in [0.1, 0.15) is 40.2 Å². The fourth-order valence-electron chi connectivity index (χ4n) is 4.94. The summed E-state index contributed by atoms with van der Waals surface area (Å²) in [7, 11) is 0. The smallest absolute Gasteiger partial charge is 0.257 e. The number of pyridine rings is 1. The average Bonchev–Trinajstić information content (AvgIpc) is 3.27. The molecule has 1 fully saturated rings. The van der Waals surface area contributed by atoms with Gasteiger partial charge in [-0.05, 0) is 48.7 Å². The van der Waals surface area contributed by atoms with E-state index in [1.54, 1.807) is 24.4 Å². The third-order valence-electron chi connectivity index (χ3n) is 6.67.